The topological polar surface area (TPSA) is 72.1 Å². The maximum absolute atomic E-state index is 12.9. The summed E-state index contributed by atoms with van der Waals surface area (Å²) in [6.45, 7) is 2.94. The largest absolute Gasteiger partial charge is 0.383 e. The van der Waals surface area contributed by atoms with E-state index in [1.54, 1.807) is 0 Å². The van der Waals surface area contributed by atoms with Gasteiger partial charge in [0.2, 0.25) is 5.91 Å². The molecule has 26 heavy (non-hydrogen) atoms. The van der Waals surface area contributed by atoms with Crippen molar-refractivity contribution in [3.63, 3.8) is 0 Å². The van der Waals surface area contributed by atoms with Gasteiger partial charge in [0.15, 0.2) is 5.16 Å². The van der Waals surface area contributed by atoms with Crippen LogP contribution in [0.4, 0.5) is 11.5 Å². The SMILES string of the molecule is CC1CCN(C(=O)CSc2nc(N)c3ccsc3n2)c2ccccc2S1. The lowest BCUT2D eigenvalue weighted by Gasteiger charge is -2.22. The number of amides is 1. The molecule has 1 atom stereocenters. The zero-order valence-electron chi connectivity index (χ0n) is 14.2. The third-order valence-corrected chi connectivity index (χ3v) is 7.08. The maximum Gasteiger partial charge on any atom is 0.237 e. The average molecular weight is 403 g/mol. The molecular weight excluding hydrogens is 384 g/mol. The van der Waals surface area contributed by atoms with E-state index in [1.165, 1.54) is 23.1 Å². The van der Waals surface area contributed by atoms with Crippen LogP contribution in [0.25, 0.3) is 10.2 Å². The summed E-state index contributed by atoms with van der Waals surface area (Å²) in [6, 6.07) is 10.0. The van der Waals surface area contributed by atoms with E-state index >= 15 is 0 Å². The predicted molar refractivity (Wildman–Crippen MR) is 111 cm³/mol. The zero-order chi connectivity index (χ0) is 18.1. The van der Waals surface area contributed by atoms with Gasteiger partial charge in [0, 0.05) is 16.7 Å². The summed E-state index contributed by atoms with van der Waals surface area (Å²) < 4.78 is 0. The molecule has 1 aliphatic rings. The molecule has 0 saturated heterocycles. The number of para-hydroxylation sites is 1. The molecule has 0 spiro atoms. The lowest BCUT2D eigenvalue weighted by Crippen LogP contribution is -2.33. The number of nitrogens with two attached hydrogens (primary N) is 1. The van der Waals surface area contributed by atoms with Crippen LogP contribution in [-0.2, 0) is 4.79 Å². The summed E-state index contributed by atoms with van der Waals surface area (Å²) in [4.78, 5) is 25.7. The fourth-order valence-electron chi connectivity index (χ4n) is 2.87. The molecular formula is C18H18N4OS3. The Balaban J connectivity index is 1.52. The second-order valence-corrected chi connectivity index (χ2v) is 9.37. The van der Waals surface area contributed by atoms with Crippen molar-refractivity contribution in [2.45, 2.75) is 28.6 Å². The fraction of sp³-hybridized carbons (Fsp3) is 0.278. The van der Waals surface area contributed by atoms with Crippen molar-refractivity contribution < 1.29 is 4.79 Å². The molecule has 0 saturated carbocycles. The number of hydrogen-bond donors (Lipinski definition) is 1. The molecule has 2 N–H and O–H groups in total. The van der Waals surface area contributed by atoms with Crippen LogP contribution in [0, 0.1) is 0 Å². The molecule has 4 rings (SSSR count). The van der Waals surface area contributed by atoms with E-state index in [9.17, 15) is 4.79 Å². The number of benzene rings is 1. The Kier molecular flexibility index (Phi) is 5.06. The zero-order valence-corrected chi connectivity index (χ0v) is 16.7. The van der Waals surface area contributed by atoms with Gasteiger partial charge in [0.25, 0.3) is 0 Å². The van der Waals surface area contributed by atoms with Crippen LogP contribution >= 0.6 is 34.9 Å². The van der Waals surface area contributed by atoms with E-state index in [2.05, 4.69) is 23.0 Å². The van der Waals surface area contributed by atoms with Gasteiger partial charge in [-0.25, -0.2) is 9.97 Å². The van der Waals surface area contributed by atoms with Crippen molar-refractivity contribution in [2.75, 3.05) is 22.9 Å². The predicted octanol–water partition coefficient (Wildman–Crippen LogP) is 4.28. The van der Waals surface area contributed by atoms with Gasteiger partial charge in [-0.15, -0.1) is 23.1 Å². The number of rotatable bonds is 3. The number of thioether (sulfide) groups is 2. The number of fused-ring (bicyclic) bond motifs is 2. The molecule has 0 bridgehead atoms. The third-order valence-electron chi connectivity index (χ3n) is 4.20. The molecule has 134 valence electrons. The summed E-state index contributed by atoms with van der Waals surface area (Å²) in [5.41, 5.74) is 7.00. The van der Waals surface area contributed by atoms with Gasteiger partial charge < -0.3 is 10.6 Å². The standard InChI is InChI=1S/C18H18N4OS3/c1-11-6-8-22(13-4-2-3-5-14(13)26-11)15(23)10-25-18-20-16(19)12-7-9-24-17(12)21-18/h2-5,7,9,11H,6,8,10H2,1H3,(H2,19,20,21). The van der Waals surface area contributed by atoms with Crippen LogP contribution in [0.2, 0.25) is 0 Å². The van der Waals surface area contributed by atoms with Crippen molar-refractivity contribution >= 4 is 62.5 Å². The molecule has 1 unspecified atom stereocenters. The van der Waals surface area contributed by atoms with E-state index in [0.717, 1.165) is 33.8 Å². The first-order chi connectivity index (χ1) is 12.6. The van der Waals surface area contributed by atoms with Crippen LogP contribution in [-0.4, -0.2) is 33.4 Å². The second-order valence-electron chi connectivity index (χ2n) is 6.05. The monoisotopic (exact) mass is 402 g/mol. The Morgan fingerprint density at radius 3 is 3.08 bits per heavy atom. The average Bonchev–Trinajstić information content (AvgIpc) is 3.03. The molecule has 8 heteroatoms. The molecule has 3 heterocycles. The summed E-state index contributed by atoms with van der Waals surface area (Å²) in [5.74, 6) is 0.839. The van der Waals surface area contributed by atoms with Crippen LogP contribution in [0.15, 0.2) is 45.8 Å². The maximum atomic E-state index is 12.9. The fourth-order valence-corrected chi connectivity index (χ4v) is 5.54. The van der Waals surface area contributed by atoms with E-state index < -0.39 is 0 Å². The molecule has 0 aliphatic carbocycles. The third kappa shape index (κ3) is 3.54. The Morgan fingerprint density at radius 1 is 1.35 bits per heavy atom. The number of nitrogens with zero attached hydrogens (tertiary/aromatic N) is 3. The van der Waals surface area contributed by atoms with Crippen LogP contribution in [0.1, 0.15) is 13.3 Å². The Labute approximate surface area is 164 Å². The summed E-state index contributed by atoms with van der Waals surface area (Å²) in [6.07, 6.45) is 0.973. The number of carbonyl (C=O) groups excluding carboxylic acids is 1. The second kappa shape index (κ2) is 7.46. The lowest BCUT2D eigenvalue weighted by atomic mass is 10.2. The molecule has 0 radical (unpaired) electrons. The van der Waals surface area contributed by atoms with E-state index in [0.29, 0.717) is 22.0 Å². The van der Waals surface area contributed by atoms with Crippen LogP contribution < -0.4 is 10.6 Å². The summed E-state index contributed by atoms with van der Waals surface area (Å²) >= 11 is 4.70. The minimum Gasteiger partial charge on any atom is -0.383 e. The van der Waals surface area contributed by atoms with Crippen molar-refractivity contribution in [2.24, 2.45) is 0 Å². The van der Waals surface area contributed by atoms with Crippen molar-refractivity contribution in [1.29, 1.82) is 0 Å². The number of carbonyl (C=O) groups is 1. The molecule has 5 nitrogen and oxygen atoms in total. The Hall–Kier alpha value is -1.77. The highest BCUT2D eigenvalue weighted by molar-refractivity contribution is 8.00. The van der Waals surface area contributed by atoms with Crippen molar-refractivity contribution in [3.05, 3.63) is 35.7 Å². The van der Waals surface area contributed by atoms with Gasteiger partial charge in [0.05, 0.1) is 16.8 Å². The Bertz CT molecular complexity index is 959. The van der Waals surface area contributed by atoms with Gasteiger partial charge in [-0.1, -0.05) is 30.8 Å². The normalized spacial score (nSPS) is 17.1. The quantitative estimate of drug-likeness (QED) is 0.521. The highest BCUT2D eigenvalue weighted by atomic mass is 32.2. The number of thiophene rings is 1. The number of hydrogen-bond acceptors (Lipinski definition) is 7. The van der Waals surface area contributed by atoms with E-state index in [-0.39, 0.29) is 5.91 Å². The molecule has 2 aromatic heterocycles. The smallest absolute Gasteiger partial charge is 0.237 e. The van der Waals surface area contributed by atoms with E-state index in [4.69, 9.17) is 5.73 Å². The minimum atomic E-state index is 0.0746. The van der Waals surface area contributed by atoms with Gasteiger partial charge in [-0.3, -0.25) is 4.79 Å². The highest BCUT2D eigenvalue weighted by Gasteiger charge is 2.24. The van der Waals surface area contributed by atoms with Gasteiger partial charge in [0.1, 0.15) is 10.6 Å². The number of anilines is 2. The van der Waals surface area contributed by atoms with Crippen molar-refractivity contribution in [1.82, 2.24) is 9.97 Å². The summed E-state index contributed by atoms with van der Waals surface area (Å²) in [5, 5.41) is 3.86. The van der Waals surface area contributed by atoms with Gasteiger partial charge in [-0.2, -0.15) is 0 Å². The van der Waals surface area contributed by atoms with E-state index in [1.807, 2.05) is 46.3 Å². The van der Waals surface area contributed by atoms with Gasteiger partial charge in [-0.05, 0) is 30.0 Å². The first-order valence-corrected chi connectivity index (χ1v) is 11.1. The van der Waals surface area contributed by atoms with Crippen LogP contribution in [0.3, 0.4) is 0 Å². The highest BCUT2D eigenvalue weighted by Crippen LogP contribution is 2.37. The van der Waals surface area contributed by atoms with Crippen LogP contribution in [0.5, 0.6) is 0 Å². The van der Waals surface area contributed by atoms with Gasteiger partial charge >= 0.3 is 0 Å². The molecule has 1 amide bonds. The lowest BCUT2D eigenvalue weighted by molar-refractivity contribution is -0.116. The first kappa shape index (κ1) is 17.6. The number of aromatic nitrogens is 2. The minimum absolute atomic E-state index is 0.0746. The molecule has 0 fully saturated rings. The molecule has 1 aromatic carbocycles. The molecule has 1 aliphatic heterocycles. The summed E-state index contributed by atoms with van der Waals surface area (Å²) in [7, 11) is 0. The number of nitrogen functional groups attached to an aromatic ring is 1. The first-order valence-electron chi connectivity index (χ1n) is 8.31. The molecule has 3 aromatic rings. The Morgan fingerprint density at radius 2 is 2.19 bits per heavy atom. The van der Waals surface area contributed by atoms with Crippen molar-refractivity contribution in [3.8, 4) is 0 Å².